The lowest BCUT2D eigenvalue weighted by Gasteiger charge is -2.40. The van der Waals surface area contributed by atoms with Gasteiger partial charge in [-0.1, -0.05) is 287 Å². The molecule has 0 radical (unpaired) electrons. The van der Waals surface area contributed by atoms with E-state index < -0.39 is 16.1 Å². The second kappa shape index (κ2) is 25.3. The highest BCUT2D eigenvalue weighted by molar-refractivity contribution is 6.82. The molecule has 8 aromatic rings. The van der Waals surface area contributed by atoms with Crippen LogP contribution >= 0.6 is 0 Å². The average Bonchev–Trinajstić information content (AvgIpc) is 1.55. The van der Waals surface area contributed by atoms with Gasteiger partial charge in [0.05, 0.1) is 30.4 Å². The van der Waals surface area contributed by atoms with Crippen LogP contribution in [0.15, 0.2) is 131 Å². The highest BCUT2D eigenvalue weighted by Gasteiger charge is 2.51. The van der Waals surface area contributed by atoms with Crippen LogP contribution in [0.1, 0.15) is 257 Å². The van der Waals surface area contributed by atoms with E-state index in [1.165, 1.54) is 172 Å². The summed E-state index contributed by atoms with van der Waals surface area (Å²) < 4.78 is 12.8. The number of rotatable bonds is 10. The van der Waals surface area contributed by atoms with Crippen molar-refractivity contribution in [3.05, 3.63) is 243 Å². The molecule has 0 spiro atoms. The number of methoxy groups -OCH3 is 2. The zero-order valence-electron chi connectivity index (χ0n) is 66.1. The molecule has 6 aliphatic rings. The van der Waals surface area contributed by atoms with Crippen LogP contribution in [0.3, 0.4) is 0 Å². The summed E-state index contributed by atoms with van der Waals surface area (Å²) in [6.07, 6.45) is 17.5. The average molecular weight is 1360 g/mol. The molecular weight excluding hydrogens is 1240 g/mol. The van der Waals surface area contributed by atoms with E-state index in [0.29, 0.717) is 22.2 Å². The number of allylic oxidation sites excluding steroid dienone is 4. The van der Waals surface area contributed by atoms with E-state index in [-0.39, 0.29) is 21.7 Å². The van der Waals surface area contributed by atoms with Gasteiger partial charge in [0.1, 0.15) is 11.5 Å². The molecule has 0 aliphatic heterocycles. The van der Waals surface area contributed by atoms with Gasteiger partial charge in [0.2, 0.25) is 0 Å². The van der Waals surface area contributed by atoms with Crippen LogP contribution < -0.4 is 9.47 Å². The van der Waals surface area contributed by atoms with Gasteiger partial charge in [-0.2, -0.15) is 0 Å². The molecule has 0 N–H and O–H groups in total. The highest BCUT2D eigenvalue weighted by atomic mass is 28.3. The second-order valence-corrected chi connectivity index (χ2v) is 46.6. The number of hydrogen-bond donors (Lipinski definition) is 0. The Bertz CT molecular complexity index is 4440. The summed E-state index contributed by atoms with van der Waals surface area (Å²) in [5.41, 5.74) is 47.8. The van der Waals surface area contributed by atoms with Gasteiger partial charge in [-0.15, -0.1) is 0 Å². The number of aryl methyl sites for hydroxylation is 6. The number of fused-ring (bicyclic) bond motifs is 6. The summed E-state index contributed by atoms with van der Waals surface area (Å²) in [5.74, 6) is 2.07. The molecule has 2 nitrogen and oxygen atoms in total. The van der Waals surface area contributed by atoms with Crippen molar-refractivity contribution >= 4 is 40.5 Å². The maximum Gasteiger partial charge on any atom is 0.131 e. The lowest BCUT2D eigenvalue weighted by atomic mass is 9.81. The molecule has 0 bridgehead atoms. The van der Waals surface area contributed by atoms with E-state index in [4.69, 9.17) is 9.47 Å². The van der Waals surface area contributed by atoms with Crippen LogP contribution in [-0.2, 0) is 47.3 Å². The fourth-order valence-electron chi connectivity index (χ4n) is 20.3. The Balaban J connectivity index is 0.000000179. The Hall–Kier alpha value is -7.25. The summed E-state index contributed by atoms with van der Waals surface area (Å²) in [5, 5.41) is 0. The summed E-state index contributed by atoms with van der Waals surface area (Å²) in [4.78, 5) is 0. The van der Waals surface area contributed by atoms with Crippen LogP contribution in [0, 0.1) is 27.7 Å². The van der Waals surface area contributed by atoms with Crippen molar-refractivity contribution < 1.29 is 9.47 Å². The highest BCUT2D eigenvalue weighted by Crippen LogP contribution is 2.61. The predicted molar refractivity (Wildman–Crippen MR) is 439 cm³/mol. The zero-order chi connectivity index (χ0) is 72.2. The molecule has 4 atom stereocenters. The van der Waals surface area contributed by atoms with Crippen molar-refractivity contribution in [2.24, 2.45) is 0 Å². The monoisotopic (exact) mass is 1360 g/mol. The van der Waals surface area contributed by atoms with E-state index in [2.05, 4.69) is 298 Å². The molecule has 100 heavy (non-hydrogen) atoms. The first-order valence-corrected chi connectivity index (χ1v) is 44.1. The van der Waals surface area contributed by atoms with Gasteiger partial charge < -0.3 is 9.47 Å². The summed E-state index contributed by atoms with van der Waals surface area (Å²) in [6, 6.07) is 43.5. The molecule has 0 saturated heterocycles. The zero-order valence-corrected chi connectivity index (χ0v) is 68.1. The maximum absolute atomic E-state index is 6.38. The molecule has 0 amide bonds. The fourth-order valence-corrected chi connectivity index (χ4v) is 30.2. The lowest BCUT2D eigenvalue weighted by molar-refractivity contribution is 0.399. The van der Waals surface area contributed by atoms with Crippen molar-refractivity contribution in [1.82, 2.24) is 0 Å². The van der Waals surface area contributed by atoms with Crippen molar-refractivity contribution in [2.45, 2.75) is 247 Å². The summed E-state index contributed by atoms with van der Waals surface area (Å²) >= 11 is 0. The van der Waals surface area contributed by atoms with Gasteiger partial charge in [0.15, 0.2) is 0 Å². The van der Waals surface area contributed by atoms with Crippen LogP contribution in [0.2, 0.25) is 26.2 Å². The van der Waals surface area contributed by atoms with E-state index in [1.54, 1.807) is 44.5 Å². The standard InChI is InChI=1S/2C48H58OSi/c2*1-28-21-29(2)23-34(22-28)43-38-25-31(4)46(40(38)27-41(44(43)49-11)48(8,9)10)50(12,13)45-30(3)24-37-39(45)26-33-15-14-16-36(33)42(37)32-17-19-35(20-18-32)47(5,6)7/h2*17-27,45-46H,14-16H2,1-13H3. The van der Waals surface area contributed by atoms with E-state index in [9.17, 15) is 0 Å². The Morgan fingerprint density at radius 2 is 0.600 bits per heavy atom. The van der Waals surface area contributed by atoms with Gasteiger partial charge in [0.25, 0.3) is 0 Å². The van der Waals surface area contributed by atoms with Crippen molar-refractivity contribution in [2.75, 3.05) is 14.2 Å². The Morgan fingerprint density at radius 3 is 0.870 bits per heavy atom. The van der Waals surface area contributed by atoms with Crippen molar-refractivity contribution in [3.8, 4) is 56.0 Å². The van der Waals surface area contributed by atoms with E-state index in [1.807, 2.05) is 14.2 Å². The third-order valence-corrected chi connectivity index (χ3v) is 33.3. The molecule has 520 valence electrons. The molecule has 0 heterocycles. The Kier molecular flexibility index (Phi) is 18.0. The van der Waals surface area contributed by atoms with Gasteiger partial charge in [-0.3, -0.25) is 0 Å². The SMILES string of the molecule is COc1c(C(C)(C)C)cc2c(c1-c1cc(C)cc(C)c1)C=C(C)C2[Si](C)(C)C1C(C)=Cc2c1cc1c(c2-c2ccc(C(C)(C)C)cc2)CCC1.COc1c(C(C)(C)C)cc2c(c1-c1cc(C)cc(C)c1)C=C(C)C2[Si](C)(C)C1C(C)=Cc2c1cc1c(c2-c2ccc(C(C)(C)C)cc2)CCC1. The molecule has 0 fully saturated rings. The van der Waals surface area contributed by atoms with Crippen molar-refractivity contribution in [3.63, 3.8) is 0 Å². The predicted octanol–water partition coefficient (Wildman–Crippen LogP) is 26.4. The normalized spacial score (nSPS) is 18.5. The van der Waals surface area contributed by atoms with Gasteiger partial charge in [-0.25, -0.2) is 0 Å². The van der Waals surface area contributed by atoms with E-state index in [0.717, 1.165) is 11.5 Å². The summed E-state index contributed by atoms with van der Waals surface area (Å²) in [6.45, 7) is 57.2. The molecule has 14 rings (SSSR count). The molecule has 8 aromatic carbocycles. The topological polar surface area (TPSA) is 18.5 Å². The molecular formula is C96H116O2Si2. The number of benzene rings is 8. The van der Waals surface area contributed by atoms with Gasteiger partial charge >= 0.3 is 0 Å². The van der Waals surface area contributed by atoms with Crippen LogP contribution in [0.4, 0.5) is 0 Å². The largest absolute Gasteiger partial charge is 0.496 e. The van der Waals surface area contributed by atoms with E-state index >= 15 is 0 Å². The maximum atomic E-state index is 6.38. The van der Waals surface area contributed by atoms with Gasteiger partial charge in [0, 0.05) is 44.4 Å². The molecule has 4 heteroatoms. The van der Waals surface area contributed by atoms with Crippen LogP contribution in [-0.4, -0.2) is 30.4 Å². The minimum absolute atomic E-state index is 0.0610. The number of ether oxygens (including phenoxy) is 2. The molecule has 0 saturated carbocycles. The van der Waals surface area contributed by atoms with Crippen LogP contribution in [0.5, 0.6) is 11.5 Å². The smallest absolute Gasteiger partial charge is 0.131 e. The number of hydrogen-bond acceptors (Lipinski definition) is 2. The minimum atomic E-state index is -2.09. The van der Waals surface area contributed by atoms with Gasteiger partial charge in [-0.05, 0) is 227 Å². The molecule has 0 aromatic heterocycles. The minimum Gasteiger partial charge on any atom is -0.496 e. The fraction of sp³-hybridized carbons (Fsp3) is 0.417. The quantitative estimate of drug-likeness (QED) is 0.127. The summed E-state index contributed by atoms with van der Waals surface area (Å²) in [7, 11) is -0.453. The lowest BCUT2D eigenvalue weighted by Crippen LogP contribution is -2.42. The molecule has 6 aliphatic carbocycles. The first-order valence-electron chi connectivity index (χ1n) is 37.8. The Morgan fingerprint density at radius 1 is 0.320 bits per heavy atom. The first-order chi connectivity index (χ1) is 46.8. The molecule has 4 unspecified atom stereocenters. The van der Waals surface area contributed by atoms with Crippen molar-refractivity contribution in [1.29, 1.82) is 0 Å². The Labute approximate surface area is 606 Å². The third kappa shape index (κ3) is 12.2. The first kappa shape index (κ1) is 71.2. The van der Waals surface area contributed by atoms with Crippen LogP contribution in [0.25, 0.3) is 68.8 Å². The second-order valence-electron chi connectivity index (χ2n) is 37.0. The third-order valence-electron chi connectivity index (χ3n) is 24.3.